The van der Waals surface area contributed by atoms with E-state index in [1.165, 1.54) is 18.5 Å². The minimum Gasteiger partial charge on any atom is -0.429 e. The molecular formula is C22H27F3N2O. The first kappa shape index (κ1) is 20.6. The van der Waals surface area contributed by atoms with E-state index in [1.54, 1.807) is 12.1 Å². The molecule has 3 rings (SSSR count). The van der Waals surface area contributed by atoms with Crippen molar-refractivity contribution in [1.29, 1.82) is 0 Å². The molecule has 0 spiro atoms. The molecule has 28 heavy (non-hydrogen) atoms. The van der Waals surface area contributed by atoms with Crippen LogP contribution in [-0.2, 0) is 6.42 Å². The van der Waals surface area contributed by atoms with Crippen LogP contribution in [0, 0.1) is 17.7 Å². The summed E-state index contributed by atoms with van der Waals surface area (Å²) in [6.45, 7) is 4.00. The fourth-order valence-electron chi connectivity index (χ4n) is 3.93. The Bertz CT molecular complexity index is 772. The molecule has 0 aliphatic heterocycles. The first-order chi connectivity index (χ1) is 13.4. The molecule has 0 bridgehead atoms. The summed E-state index contributed by atoms with van der Waals surface area (Å²) in [5, 5.41) is 0. The molecule has 0 amide bonds. The van der Waals surface area contributed by atoms with Crippen LogP contribution < -0.4 is 4.74 Å². The minimum absolute atomic E-state index is 0.0740. The highest BCUT2D eigenvalue weighted by Crippen LogP contribution is 2.41. The third-order valence-electron chi connectivity index (χ3n) is 5.59. The number of hydrogen-bond donors (Lipinski definition) is 0. The van der Waals surface area contributed by atoms with Gasteiger partial charge in [-0.1, -0.05) is 38.8 Å². The van der Waals surface area contributed by atoms with Gasteiger partial charge >= 0.3 is 6.11 Å². The monoisotopic (exact) mass is 392 g/mol. The van der Waals surface area contributed by atoms with Gasteiger partial charge in [-0.15, -0.1) is 0 Å². The number of aryl methyl sites for hydroxylation is 1. The van der Waals surface area contributed by atoms with Gasteiger partial charge in [0.25, 0.3) is 0 Å². The standard InChI is InChI=1S/C22H27F3N2O/c1-3-5-15-6-10-18(11-7-15)22(24,25)28-19-13-26-21(27-14-19)17-9-8-16(4-2)20(23)12-17/h8-9,12-15,18H,3-7,10-11H2,1-2H3. The average molecular weight is 392 g/mol. The maximum Gasteiger partial charge on any atom is 0.400 e. The van der Waals surface area contributed by atoms with Gasteiger partial charge in [-0.2, -0.15) is 8.78 Å². The molecule has 1 aliphatic carbocycles. The lowest BCUT2D eigenvalue weighted by Gasteiger charge is -2.33. The quantitative estimate of drug-likeness (QED) is 0.545. The molecule has 1 saturated carbocycles. The largest absolute Gasteiger partial charge is 0.429 e. The van der Waals surface area contributed by atoms with E-state index in [9.17, 15) is 13.2 Å². The molecular weight excluding hydrogens is 365 g/mol. The molecule has 0 saturated heterocycles. The Morgan fingerprint density at radius 3 is 2.32 bits per heavy atom. The van der Waals surface area contributed by atoms with Crippen molar-refractivity contribution in [2.24, 2.45) is 11.8 Å². The van der Waals surface area contributed by atoms with Crippen molar-refractivity contribution in [1.82, 2.24) is 9.97 Å². The average Bonchev–Trinajstić information content (AvgIpc) is 2.69. The Labute approximate surface area is 164 Å². The fraction of sp³-hybridized carbons (Fsp3) is 0.545. The van der Waals surface area contributed by atoms with E-state index in [1.807, 2.05) is 6.92 Å². The maximum absolute atomic E-state index is 14.5. The van der Waals surface area contributed by atoms with E-state index >= 15 is 0 Å². The minimum atomic E-state index is -3.24. The zero-order chi connectivity index (χ0) is 20.1. The molecule has 1 aliphatic rings. The second-order valence-electron chi connectivity index (χ2n) is 7.57. The van der Waals surface area contributed by atoms with Crippen molar-refractivity contribution in [3.63, 3.8) is 0 Å². The van der Waals surface area contributed by atoms with Crippen molar-refractivity contribution >= 4 is 0 Å². The molecule has 0 unspecified atom stereocenters. The van der Waals surface area contributed by atoms with Gasteiger partial charge in [-0.3, -0.25) is 0 Å². The Morgan fingerprint density at radius 2 is 1.75 bits per heavy atom. The number of ether oxygens (including phenoxy) is 1. The van der Waals surface area contributed by atoms with Crippen LogP contribution in [0.3, 0.4) is 0 Å². The molecule has 6 heteroatoms. The van der Waals surface area contributed by atoms with Gasteiger partial charge in [0.1, 0.15) is 5.82 Å². The fourth-order valence-corrected chi connectivity index (χ4v) is 3.93. The number of halogens is 3. The van der Waals surface area contributed by atoms with Gasteiger partial charge < -0.3 is 4.74 Å². The Morgan fingerprint density at radius 1 is 1.07 bits per heavy atom. The van der Waals surface area contributed by atoms with E-state index in [4.69, 9.17) is 4.74 Å². The second kappa shape index (κ2) is 8.93. The number of alkyl halides is 2. The van der Waals surface area contributed by atoms with Gasteiger partial charge in [0, 0.05) is 5.56 Å². The number of benzene rings is 1. The molecule has 1 heterocycles. The summed E-state index contributed by atoms with van der Waals surface area (Å²) in [7, 11) is 0. The number of aromatic nitrogens is 2. The highest BCUT2D eigenvalue weighted by atomic mass is 19.3. The summed E-state index contributed by atoms with van der Waals surface area (Å²) >= 11 is 0. The summed E-state index contributed by atoms with van der Waals surface area (Å²) in [5.41, 5.74) is 1.11. The lowest BCUT2D eigenvalue weighted by Crippen LogP contribution is -2.37. The molecule has 0 atom stereocenters. The molecule has 0 N–H and O–H groups in total. The van der Waals surface area contributed by atoms with Crippen molar-refractivity contribution in [3.05, 3.63) is 42.0 Å². The predicted molar refractivity (Wildman–Crippen MR) is 103 cm³/mol. The van der Waals surface area contributed by atoms with Crippen LogP contribution in [0.2, 0.25) is 0 Å². The van der Waals surface area contributed by atoms with Crippen molar-refractivity contribution < 1.29 is 17.9 Å². The van der Waals surface area contributed by atoms with Crippen molar-refractivity contribution in [2.75, 3.05) is 0 Å². The van der Waals surface area contributed by atoms with Crippen LogP contribution in [0.4, 0.5) is 13.2 Å². The van der Waals surface area contributed by atoms with Crippen LogP contribution in [0.25, 0.3) is 11.4 Å². The number of nitrogens with zero attached hydrogens (tertiary/aromatic N) is 2. The smallest absolute Gasteiger partial charge is 0.400 e. The Kier molecular flexibility index (Phi) is 6.57. The van der Waals surface area contributed by atoms with Crippen LogP contribution in [0.1, 0.15) is 57.9 Å². The van der Waals surface area contributed by atoms with Crippen LogP contribution >= 0.6 is 0 Å². The molecule has 3 nitrogen and oxygen atoms in total. The Balaban J connectivity index is 1.64. The zero-order valence-corrected chi connectivity index (χ0v) is 16.4. The predicted octanol–water partition coefficient (Wildman–Crippen LogP) is 6.42. The van der Waals surface area contributed by atoms with E-state index in [-0.39, 0.29) is 17.4 Å². The van der Waals surface area contributed by atoms with Gasteiger partial charge in [0.15, 0.2) is 11.6 Å². The normalized spacial score (nSPS) is 20.2. The van der Waals surface area contributed by atoms with Gasteiger partial charge in [-0.25, -0.2) is 14.4 Å². The van der Waals surface area contributed by atoms with E-state index < -0.39 is 12.0 Å². The Hall–Kier alpha value is -2.11. The van der Waals surface area contributed by atoms with Crippen LogP contribution in [-0.4, -0.2) is 16.1 Å². The SMILES string of the molecule is CCCC1CCC(C(F)(F)Oc2cnc(-c3ccc(CC)c(F)c3)nc2)CC1. The molecule has 0 radical (unpaired) electrons. The summed E-state index contributed by atoms with van der Waals surface area (Å²) in [6, 6.07) is 4.76. The molecule has 1 aromatic carbocycles. The zero-order valence-electron chi connectivity index (χ0n) is 16.4. The van der Waals surface area contributed by atoms with E-state index in [2.05, 4.69) is 16.9 Å². The van der Waals surface area contributed by atoms with E-state index in [0.717, 1.165) is 25.7 Å². The lowest BCUT2D eigenvalue weighted by atomic mass is 9.79. The van der Waals surface area contributed by atoms with Crippen molar-refractivity contribution in [3.8, 4) is 17.1 Å². The summed E-state index contributed by atoms with van der Waals surface area (Å²) in [5.74, 6) is -0.350. The third-order valence-corrected chi connectivity index (χ3v) is 5.59. The van der Waals surface area contributed by atoms with Crippen LogP contribution in [0.5, 0.6) is 5.75 Å². The summed E-state index contributed by atoms with van der Waals surface area (Å²) < 4.78 is 48.0. The maximum atomic E-state index is 14.5. The van der Waals surface area contributed by atoms with Gasteiger partial charge in [-0.05, 0) is 49.7 Å². The molecule has 152 valence electrons. The summed E-state index contributed by atoms with van der Waals surface area (Å²) in [6.07, 6.45) is 4.60. The third kappa shape index (κ3) is 4.83. The van der Waals surface area contributed by atoms with Crippen LogP contribution in [0.15, 0.2) is 30.6 Å². The lowest BCUT2D eigenvalue weighted by molar-refractivity contribution is -0.223. The topological polar surface area (TPSA) is 35.0 Å². The summed E-state index contributed by atoms with van der Waals surface area (Å²) in [4.78, 5) is 8.15. The number of rotatable bonds is 7. The molecule has 2 aromatic rings. The highest BCUT2D eigenvalue weighted by molar-refractivity contribution is 5.55. The first-order valence-electron chi connectivity index (χ1n) is 10.1. The number of hydrogen-bond acceptors (Lipinski definition) is 3. The van der Waals surface area contributed by atoms with Gasteiger partial charge in [0.2, 0.25) is 0 Å². The first-order valence-corrected chi connectivity index (χ1v) is 10.1. The molecule has 1 aromatic heterocycles. The second-order valence-corrected chi connectivity index (χ2v) is 7.57. The molecule has 1 fully saturated rings. The van der Waals surface area contributed by atoms with Gasteiger partial charge in [0.05, 0.1) is 18.3 Å². The highest BCUT2D eigenvalue weighted by Gasteiger charge is 2.44. The van der Waals surface area contributed by atoms with E-state index in [0.29, 0.717) is 36.3 Å². The van der Waals surface area contributed by atoms with Crippen molar-refractivity contribution in [2.45, 2.75) is 64.9 Å².